The molecule has 0 saturated carbocycles. The van der Waals surface area contributed by atoms with E-state index in [1.807, 2.05) is 0 Å². The number of nitrogens with zero attached hydrogens (tertiary/aromatic N) is 1. The number of alkyl halides is 1. The van der Waals surface area contributed by atoms with Crippen molar-refractivity contribution in [3.05, 3.63) is 41.8 Å². The molecule has 2 aromatic rings. The van der Waals surface area contributed by atoms with E-state index < -0.39 is 0 Å². The van der Waals surface area contributed by atoms with E-state index in [0.29, 0.717) is 10.7 Å². The van der Waals surface area contributed by atoms with Crippen molar-refractivity contribution in [1.29, 1.82) is 0 Å². The van der Waals surface area contributed by atoms with Crippen LogP contribution in [0, 0.1) is 5.82 Å². The van der Waals surface area contributed by atoms with Crippen LogP contribution >= 0.6 is 32.9 Å². The van der Waals surface area contributed by atoms with Gasteiger partial charge in [-0.25, -0.2) is 4.39 Å². The van der Waals surface area contributed by atoms with Gasteiger partial charge in [0.2, 0.25) is 0 Å². The van der Waals surface area contributed by atoms with Gasteiger partial charge in [-0.3, -0.25) is 4.98 Å². The first kappa shape index (κ1) is 11.6. The normalized spacial score (nSPS) is 9.86. The summed E-state index contributed by atoms with van der Waals surface area (Å²) in [5.74, 6) is -0.215. The van der Waals surface area contributed by atoms with Crippen LogP contribution in [-0.4, -0.2) is 4.98 Å². The largest absolute Gasteiger partial charge is 0.256 e. The van der Waals surface area contributed by atoms with Crippen LogP contribution < -0.4 is 0 Å². The van der Waals surface area contributed by atoms with Gasteiger partial charge in [0.05, 0.1) is 5.52 Å². The lowest BCUT2D eigenvalue weighted by molar-refractivity contribution is 0.639. The van der Waals surface area contributed by atoms with E-state index in [2.05, 4.69) is 20.9 Å². The van der Waals surface area contributed by atoms with Crippen LogP contribution in [0.4, 0.5) is 4.39 Å². The maximum atomic E-state index is 13.2. The van der Waals surface area contributed by atoms with E-state index in [-0.39, 0.29) is 22.8 Å². The summed E-state index contributed by atoms with van der Waals surface area (Å²) in [4.78, 5) is 4.14. The molecule has 74 valence electrons. The van der Waals surface area contributed by atoms with Crippen molar-refractivity contribution in [1.82, 2.24) is 4.98 Å². The number of rotatable bonds is 1. The molecule has 0 unspecified atom stereocenters. The first-order valence-corrected chi connectivity index (χ1v) is 5.03. The van der Waals surface area contributed by atoms with Gasteiger partial charge in [0.1, 0.15) is 5.82 Å². The summed E-state index contributed by atoms with van der Waals surface area (Å²) < 4.78 is 13.2. The molecule has 0 radical (unpaired) electrons. The molecule has 2 rings (SSSR count). The number of hydrogen-bond acceptors (Lipinski definition) is 1. The van der Waals surface area contributed by atoms with Crippen molar-refractivity contribution < 1.29 is 4.39 Å². The fourth-order valence-electron chi connectivity index (χ4n) is 1.30. The van der Waals surface area contributed by atoms with Gasteiger partial charge in [0.25, 0.3) is 0 Å². The molecule has 0 amide bonds. The van der Waals surface area contributed by atoms with E-state index in [4.69, 9.17) is 0 Å². The maximum Gasteiger partial charge on any atom is 0.132 e. The lowest BCUT2D eigenvalue weighted by Crippen LogP contribution is -1.88. The van der Waals surface area contributed by atoms with Gasteiger partial charge in [-0.1, -0.05) is 22.0 Å². The van der Waals surface area contributed by atoms with Crippen molar-refractivity contribution in [2.75, 3.05) is 0 Å². The van der Waals surface area contributed by atoms with Crippen LogP contribution in [0.5, 0.6) is 0 Å². The average Bonchev–Trinajstić information content (AvgIpc) is 2.19. The third-order valence-electron chi connectivity index (χ3n) is 1.94. The van der Waals surface area contributed by atoms with Crippen LogP contribution in [-0.2, 0) is 5.33 Å². The molecule has 1 heterocycles. The second-order valence-corrected chi connectivity index (χ2v) is 3.30. The lowest BCUT2D eigenvalue weighted by atomic mass is 10.1. The average molecular weight is 321 g/mol. The van der Waals surface area contributed by atoms with Crippen molar-refractivity contribution in [3.8, 4) is 0 Å². The Morgan fingerprint density at radius 1 is 1.29 bits per heavy atom. The molecule has 0 N–H and O–H groups in total. The zero-order chi connectivity index (χ0) is 9.26. The number of aromatic nitrogens is 1. The van der Waals surface area contributed by atoms with Gasteiger partial charge >= 0.3 is 0 Å². The van der Waals surface area contributed by atoms with Gasteiger partial charge in [-0.05, 0) is 23.8 Å². The van der Waals surface area contributed by atoms with Crippen LogP contribution in [0.1, 0.15) is 5.56 Å². The number of pyridine rings is 1. The Labute approximate surface area is 100 Å². The molecule has 0 aliphatic heterocycles. The van der Waals surface area contributed by atoms with Crippen LogP contribution in [0.15, 0.2) is 30.5 Å². The summed E-state index contributed by atoms with van der Waals surface area (Å²) in [7, 11) is 0. The third-order valence-corrected chi connectivity index (χ3v) is 2.55. The minimum absolute atomic E-state index is 0. The molecule has 0 aliphatic rings. The SMILES string of the molecule is Br.Fc1ccc(CBr)c2ncccc12. The summed E-state index contributed by atoms with van der Waals surface area (Å²) in [5, 5.41) is 1.28. The molecule has 0 fully saturated rings. The molecule has 0 saturated heterocycles. The van der Waals surface area contributed by atoms with Crippen LogP contribution in [0.3, 0.4) is 0 Å². The topological polar surface area (TPSA) is 12.9 Å². The molecule has 1 aromatic heterocycles. The van der Waals surface area contributed by atoms with Gasteiger partial charge in [-0.15, -0.1) is 17.0 Å². The highest BCUT2D eigenvalue weighted by Gasteiger charge is 2.04. The Morgan fingerprint density at radius 3 is 2.79 bits per heavy atom. The summed E-state index contributed by atoms with van der Waals surface area (Å²) in [6, 6.07) is 6.70. The minimum atomic E-state index is -0.215. The van der Waals surface area contributed by atoms with Gasteiger partial charge in [-0.2, -0.15) is 0 Å². The maximum absolute atomic E-state index is 13.2. The van der Waals surface area contributed by atoms with Gasteiger partial charge in [0, 0.05) is 16.9 Å². The molecule has 0 aliphatic carbocycles. The smallest absolute Gasteiger partial charge is 0.132 e. The monoisotopic (exact) mass is 319 g/mol. The molecule has 0 spiro atoms. The van der Waals surface area contributed by atoms with E-state index in [1.54, 1.807) is 24.4 Å². The van der Waals surface area contributed by atoms with E-state index >= 15 is 0 Å². The molecule has 0 bridgehead atoms. The third kappa shape index (κ3) is 1.96. The molecule has 1 aromatic carbocycles. The van der Waals surface area contributed by atoms with E-state index in [0.717, 1.165) is 11.1 Å². The number of fused-ring (bicyclic) bond motifs is 1. The first-order chi connectivity index (χ1) is 6.33. The summed E-state index contributed by atoms with van der Waals surface area (Å²) in [6.45, 7) is 0. The Morgan fingerprint density at radius 2 is 2.07 bits per heavy atom. The molecule has 4 heteroatoms. The predicted octanol–water partition coefficient (Wildman–Crippen LogP) is 3.85. The Balaban J connectivity index is 0.000000980. The molecule has 0 atom stereocenters. The van der Waals surface area contributed by atoms with Crippen molar-refractivity contribution in [2.24, 2.45) is 0 Å². The minimum Gasteiger partial charge on any atom is -0.256 e. The van der Waals surface area contributed by atoms with Crippen LogP contribution in [0.25, 0.3) is 10.9 Å². The standard InChI is InChI=1S/C10H7BrFN.BrH/c11-6-7-3-4-9(12)8-2-1-5-13-10(7)8;/h1-5H,6H2;1H. The predicted molar refractivity (Wildman–Crippen MR) is 64.7 cm³/mol. The fourth-order valence-corrected chi connectivity index (χ4v) is 1.76. The first-order valence-electron chi connectivity index (χ1n) is 3.91. The quantitative estimate of drug-likeness (QED) is 0.727. The highest BCUT2D eigenvalue weighted by Crippen LogP contribution is 2.21. The zero-order valence-electron chi connectivity index (χ0n) is 7.21. The van der Waals surface area contributed by atoms with E-state index in [9.17, 15) is 4.39 Å². The van der Waals surface area contributed by atoms with Gasteiger partial charge < -0.3 is 0 Å². The fraction of sp³-hybridized carbons (Fsp3) is 0.100. The zero-order valence-corrected chi connectivity index (χ0v) is 10.5. The van der Waals surface area contributed by atoms with Gasteiger partial charge in [0.15, 0.2) is 0 Å². The molecule has 14 heavy (non-hydrogen) atoms. The Bertz CT molecular complexity index is 445. The highest BCUT2D eigenvalue weighted by molar-refractivity contribution is 9.08. The number of benzene rings is 1. The Hall–Kier alpha value is -0.480. The second-order valence-electron chi connectivity index (χ2n) is 2.74. The summed E-state index contributed by atoms with van der Waals surface area (Å²) in [6.07, 6.45) is 1.67. The molecule has 1 nitrogen and oxygen atoms in total. The molecular formula is C10H8Br2FN. The van der Waals surface area contributed by atoms with Crippen LogP contribution in [0.2, 0.25) is 0 Å². The summed E-state index contributed by atoms with van der Waals surface area (Å²) >= 11 is 3.34. The summed E-state index contributed by atoms with van der Waals surface area (Å²) in [5.41, 5.74) is 1.75. The Kier molecular flexibility index (Phi) is 4.01. The number of halogens is 3. The highest BCUT2D eigenvalue weighted by atomic mass is 79.9. The number of hydrogen-bond donors (Lipinski definition) is 0. The second kappa shape index (κ2) is 4.84. The molecular weight excluding hydrogens is 313 g/mol. The van der Waals surface area contributed by atoms with Crippen molar-refractivity contribution in [2.45, 2.75) is 5.33 Å². The van der Waals surface area contributed by atoms with E-state index in [1.165, 1.54) is 6.07 Å². The van der Waals surface area contributed by atoms with Crippen molar-refractivity contribution >= 4 is 43.8 Å². The lowest BCUT2D eigenvalue weighted by Gasteiger charge is -2.02. The van der Waals surface area contributed by atoms with Crippen molar-refractivity contribution in [3.63, 3.8) is 0 Å².